The maximum atomic E-state index is 12.7. The predicted octanol–water partition coefficient (Wildman–Crippen LogP) is 3.04. The summed E-state index contributed by atoms with van der Waals surface area (Å²) in [6.45, 7) is 4.36. The first-order valence-electron chi connectivity index (χ1n) is 9.02. The molecule has 0 saturated carbocycles. The molecule has 0 spiro atoms. The number of likely N-dealkylation sites (tertiary alicyclic amines) is 1. The lowest BCUT2D eigenvalue weighted by molar-refractivity contribution is -0.137. The molecule has 1 saturated heterocycles. The van der Waals surface area contributed by atoms with E-state index in [9.17, 15) is 22.8 Å². The number of hydrogen-bond donors (Lipinski definition) is 0. The first kappa shape index (κ1) is 20.0. The summed E-state index contributed by atoms with van der Waals surface area (Å²) in [6, 6.07) is 4.23. The lowest BCUT2D eigenvalue weighted by Gasteiger charge is -2.32. The van der Waals surface area contributed by atoms with Gasteiger partial charge in [0.2, 0.25) is 5.91 Å². The van der Waals surface area contributed by atoms with Crippen LogP contribution in [0, 0.1) is 19.8 Å². The van der Waals surface area contributed by atoms with Crippen LogP contribution < -0.4 is 0 Å². The Morgan fingerprint density at radius 3 is 2.43 bits per heavy atom. The summed E-state index contributed by atoms with van der Waals surface area (Å²) >= 11 is 0. The van der Waals surface area contributed by atoms with Crippen molar-refractivity contribution in [2.24, 2.45) is 5.92 Å². The van der Waals surface area contributed by atoms with Crippen LogP contribution in [0.25, 0.3) is 0 Å². The van der Waals surface area contributed by atoms with E-state index in [1.807, 2.05) is 0 Å². The number of alkyl halides is 3. The maximum absolute atomic E-state index is 12.7. The van der Waals surface area contributed by atoms with E-state index < -0.39 is 17.7 Å². The van der Waals surface area contributed by atoms with Gasteiger partial charge in [0.15, 0.2) is 5.78 Å². The van der Waals surface area contributed by atoms with E-state index in [0.717, 1.165) is 12.1 Å². The van der Waals surface area contributed by atoms with Gasteiger partial charge in [0.1, 0.15) is 18.2 Å². The Balaban J connectivity index is 1.66. The number of ketones is 1. The molecule has 0 bridgehead atoms. The SMILES string of the molecule is Cc1nc(C)n(CC(=O)N2CCCC(C(=O)c3ccc(C(F)(F)F)cc3)C2)n1. The van der Waals surface area contributed by atoms with Crippen molar-refractivity contribution in [1.82, 2.24) is 19.7 Å². The third-order valence-corrected chi connectivity index (χ3v) is 4.89. The summed E-state index contributed by atoms with van der Waals surface area (Å²) in [6.07, 6.45) is -3.17. The number of hydrogen-bond acceptors (Lipinski definition) is 4. The fourth-order valence-electron chi connectivity index (χ4n) is 3.42. The lowest BCUT2D eigenvalue weighted by atomic mass is 9.89. The van der Waals surface area contributed by atoms with Gasteiger partial charge in [-0.15, -0.1) is 0 Å². The first-order chi connectivity index (χ1) is 13.1. The van der Waals surface area contributed by atoms with Crippen LogP contribution in [0.5, 0.6) is 0 Å². The molecule has 1 aliphatic rings. The Kier molecular flexibility index (Phi) is 5.53. The van der Waals surface area contributed by atoms with Crippen LogP contribution in [0.15, 0.2) is 24.3 Å². The second kappa shape index (κ2) is 7.73. The number of aryl methyl sites for hydroxylation is 2. The van der Waals surface area contributed by atoms with Crippen LogP contribution in [-0.4, -0.2) is 44.4 Å². The number of amides is 1. The predicted molar refractivity (Wildman–Crippen MR) is 94.6 cm³/mol. The molecular formula is C19H21F3N4O2. The minimum Gasteiger partial charge on any atom is -0.340 e. The molecule has 150 valence electrons. The van der Waals surface area contributed by atoms with E-state index in [2.05, 4.69) is 10.1 Å². The standard InChI is InChI=1S/C19H21F3N4O2/c1-12-23-13(2)26(24-12)11-17(27)25-9-3-4-15(10-25)18(28)14-5-7-16(8-6-14)19(20,21)22/h5-8,15H,3-4,9-11H2,1-2H3. The molecule has 1 unspecified atom stereocenters. The zero-order chi connectivity index (χ0) is 20.5. The molecule has 0 aliphatic carbocycles. The van der Waals surface area contributed by atoms with E-state index in [0.29, 0.717) is 31.0 Å². The number of nitrogens with zero attached hydrogens (tertiary/aromatic N) is 4. The molecule has 9 heteroatoms. The number of Topliss-reactive ketones (excluding diaryl/α,β-unsaturated/α-hetero) is 1. The van der Waals surface area contributed by atoms with Crippen molar-refractivity contribution in [3.63, 3.8) is 0 Å². The lowest BCUT2D eigenvalue weighted by Crippen LogP contribution is -2.43. The van der Waals surface area contributed by atoms with Crippen molar-refractivity contribution in [2.45, 2.75) is 39.4 Å². The second-order valence-corrected chi connectivity index (χ2v) is 6.98. The van der Waals surface area contributed by atoms with Gasteiger partial charge in [-0.1, -0.05) is 12.1 Å². The van der Waals surface area contributed by atoms with Gasteiger partial charge in [-0.05, 0) is 38.8 Å². The Bertz CT molecular complexity index is 874. The zero-order valence-corrected chi connectivity index (χ0v) is 15.7. The minimum absolute atomic E-state index is 0.0495. The third kappa shape index (κ3) is 4.40. The summed E-state index contributed by atoms with van der Waals surface area (Å²) in [5.41, 5.74) is -0.557. The number of rotatable bonds is 4. The molecule has 1 amide bonds. The second-order valence-electron chi connectivity index (χ2n) is 6.98. The van der Waals surface area contributed by atoms with Crippen LogP contribution in [0.1, 0.15) is 40.4 Å². The molecule has 1 fully saturated rings. The fourth-order valence-corrected chi connectivity index (χ4v) is 3.42. The molecule has 3 rings (SSSR count). The van der Waals surface area contributed by atoms with Crippen molar-refractivity contribution in [3.05, 3.63) is 47.0 Å². The largest absolute Gasteiger partial charge is 0.416 e. The van der Waals surface area contributed by atoms with Crippen molar-refractivity contribution in [2.75, 3.05) is 13.1 Å². The smallest absolute Gasteiger partial charge is 0.340 e. The molecule has 0 N–H and O–H groups in total. The van der Waals surface area contributed by atoms with Gasteiger partial charge in [0.05, 0.1) is 5.56 Å². The van der Waals surface area contributed by atoms with Crippen molar-refractivity contribution < 1.29 is 22.8 Å². The van der Waals surface area contributed by atoms with E-state index in [1.165, 1.54) is 16.8 Å². The highest BCUT2D eigenvalue weighted by molar-refractivity contribution is 5.98. The van der Waals surface area contributed by atoms with E-state index >= 15 is 0 Å². The van der Waals surface area contributed by atoms with Gasteiger partial charge in [0, 0.05) is 24.6 Å². The number of benzene rings is 1. The molecule has 1 aromatic heterocycles. The summed E-state index contributed by atoms with van der Waals surface area (Å²) in [5, 5.41) is 4.17. The maximum Gasteiger partial charge on any atom is 0.416 e. The van der Waals surface area contributed by atoms with Crippen LogP contribution >= 0.6 is 0 Å². The molecule has 1 atom stereocenters. The summed E-state index contributed by atoms with van der Waals surface area (Å²) in [5.74, 6) is 0.407. The number of carbonyl (C=O) groups excluding carboxylic acids is 2. The average molecular weight is 394 g/mol. The average Bonchev–Trinajstić information content (AvgIpc) is 2.97. The monoisotopic (exact) mass is 394 g/mol. The van der Waals surface area contributed by atoms with E-state index in [-0.39, 0.29) is 30.3 Å². The Morgan fingerprint density at radius 2 is 1.86 bits per heavy atom. The van der Waals surface area contributed by atoms with Crippen molar-refractivity contribution >= 4 is 11.7 Å². The van der Waals surface area contributed by atoms with Crippen LogP contribution in [-0.2, 0) is 17.5 Å². The van der Waals surface area contributed by atoms with Gasteiger partial charge >= 0.3 is 6.18 Å². The molecule has 2 aromatic rings. The highest BCUT2D eigenvalue weighted by Crippen LogP contribution is 2.30. The molecule has 0 radical (unpaired) electrons. The van der Waals surface area contributed by atoms with E-state index in [1.54, 1.807) is 18.7 Å². The quantitative estimate of drug-likeness (QED) is 0.748. The zero-order valence-electron chi connectivity index (χ0n) is 15.7. The molecule has 28 heavy (non-hydrogen) atoms. The number of aromatic nitrogens is 3. The first-order valence-corrected chi connectivity index (χ1v) is 9.02. The van der Waals surface area contributed by atoms with Gasteiger partial charge in [0.25, 0.3) is 0 Å². The Hall–Kier alpha value is -2.71. The van der Waals surface area contributed by atoms with Gasteiger partial charge in [-0.2, -0.15) is 18.3 Å². The molecule has 1 aliphatic heterocycles. The minimum atomic E-state index is -4.44. The fraction of sp³-hybridized carbons (Fsp3) is 0.474. The van der Waals surface area contributed by atoms with E-state index in [4.69, 9.17) is 0 Å². The van der Waals surface area contributed by atoms with Crippen LogP contribution in [0.2, 0.25) is 0 Å². The molecular weight excluding hydrogens is 373 g/mol. The van der Waals surface area contributed by atoms with Gasteiger partial charge in [-0.3, -0.25) is 9.59 Å². The van der Waals surface area contributed by atoms with Gasteiger partial charge in [-0.25, -0.2) is 9.67 Å². The van der Waals surface area contributed by atoms with Crippen LogP contribution in [0.4, 0.5) is 13.2 Å². The molecule has 1 aromatic carbocycles. The normalized spacial score (nSPS) is 17.6. The topological polar surface area (TPSA) is 68.1 Å². The van der Waals surface area contributed by atoms with Gasteiger partial charge < -0.3 is 4.90 Å². The molecule has 2 heterocycles. The van der Waals surface area contributed by atoms with Crippen molar-refractivity contribution in [3.8, 4) is 0 Å². The Labute approximate surface area is 160 Å². The summed E-state index contributed by atoms with van der Waals surface area (Å²) in [7, 11) is 0. The highest BCUT2D eigenvalue weighted by Gasteiger charge is 2.32. The highest BCUT2D eigenvalue weighted by atomic mass is 19.4. The number of carbonyl (C=O) groups is 2. The third-order valence-electron chi connectivity index (χ3n) is 4.89. The van der Waals surface area contributed by atoms with Crippen molar-refractivity contribution in [1.29, 1.82) is 0 Å². The number of halogens is 3. The number of piperidine rings is 1. The summed E-state index contributed by atoms with van der Waals surface area (Å²) in [4.78, 5) is 31.1. The Morgan fingerprint density at radius 1 is 1.18 bits per heavy atom. The summed E-state index contributed by atoms with van der Waals surface area (Å²) < 4.78 is 39.6. The molecule has 6 nitrogen and oxygen atoms in total. The van der Waals surface area contributed by atoms with Crippen LogP contribution in [0.3, 0.4) is 0 Å².